The first kappa shape index (κ1) is 14.1. The Morgan fingerprint density at radius 1 is 1.19 bits per heavy atom. The van der Waals surface area contributed by atoms with Crippen molar-refractivity contribution in [1.29, 1.82) is 5.26 Å². The topological polar surface area (TPSA) is 60.1 Å². The molecule has 2 heterocycles. The highest BCUT2D eigenvalue weighted by Crippen LogP contribution is 2.36. The Morgan fingerprint density at radius 2 is 1.81 bits per heavy atom. The van der Waals surface area contributed by atoms with Gasteiger partial charge < -0.3 is 9.31 Å². The first-order chi connectivity index (χ1) is 9.75. The van der Waals surface area contributed by atoms with Gasteiger partial charge in [0.2, 0.25) is 0 Å². The molecular formula is C15H18BN3O2. The van der Waals surface area contributed by atoms with Crippen LogP contribution in [0, 0.1) is 11.3 Å². The molecule has 1 fully saturated rings. The summed E-state index contributed by atoms with van der Waals surface area (Å²) in [4.78, 5) is 0. The van der Waals surface area contributed by atoms with E-state index in [0.717, 1.165) is 16.4 Å². The Hall–Kier alpha value is -1.84. The smallest absolute Gasteiger partial charge is 0.399 e. The predicted molar refractivity (Wildman–Crippen MR) is 81.1 cm³/mol. The number of aromatic nitrogens is 2. The molecule has 0 bridgehead atoms. The van der Waals surface area contributed by atoms with Gasteiger partial charge in [0.15, 0.2) is 0 Å². The third-order valence-electron chi connectivity index (χ3n) is 4.54. The molecule has 6 heteroatoms. The summed E-state index contributed by atoms with van der Waals surface area (Å²) in [6, 6.07) is 6.03. The number of nitriles is 1. The van der Waals surface area contributed by atoms with Gasteiger partial charge in [0, 0.05) is 12.4 Å². The molecule has 1 aromatic carbocycles. The lowest BCUT2D eigenvalue weighted by atomic mass is 9.78. The summed E-state index contributed by atoms with van der Waals surface area (Å²) in [6.45, 7) is 8.06. The van der Waals surface area contributed by atoms with Gasteiger partial charge in [-0.05, 0) is 45.3 Å². The summed E-state index contributed by atoms with van der Waals surface area (Å²) in [7, 11) is 1.39. The zero-order chi connectivity index (χ0) is 15.4. The lowest BCUT2D eigenvalue weighted by molar-refractivity contribution is 0.00578. The van der Waals surface area contributed by atoms with E-state index in [1.54, 1.807) is 10.9 Å². The Kier molecular flexibility index (Phi) is 2.91. The van der Waals surface area contributed by atoms with E-state index in [9.17, 15) is 5.26 Å². The van der Waals surface area contributed by atoms with Gasteiger partial charge in [-0.2, -0.15) is 10.4 Å². The fourth-order valence-corrected chi connectivity index (χ4v) is 2.48. The van der Waals surface area contributed by atoms with Gasteiger partial charge in [-0.15, -0.1) is 0 Å². The van der Waals surface area contributed by atoms with Crippen LogP contribution in [0.2, 0.25) is 0 Å². The molecule has 1 aliphatic rings. The number of benzene rings is 1. The van der Waals surface area contributed by atoms with E-state index in [1.165, 1.54) is 0 Å². The Balaban J connectivity index is 2.11. The Morgan fingerprint density at radius 3 is 2.38 bits per heavy atom. The average molecular weight is 283 g/mol. The van der Waals surface area contributed by atoms with Crippen LogP contribution in [0.3, 0.4) is 0 Å². The van der Waals surface area contributed by atoms with Crippen LogP contribution in [0.5, 0.6) is 0 Å². The molecule has 1 saturated heterocycles. The van der Waals surface area contributed by atoms with Crippen molar-refractivity contribution >= 4 is 23.5 Å². The van der Waals surface area contributed by atoms with Gasteiger partial charge >= 0.3 is 7.12 Å². The second-order valence-electron chi connectivity index (χ2n) is 6.47. The molecule has 5 nitrogen and oxygen atoms in total. The summed E-state index contributed by atoms with van der Waals surface area (Å²) in [5, 5.41) is 14.4. The number of hydrogen-bond donors (Lipinski definition) is 0. The minimum absolute atomic E-state index is 0.397. The average Bonchev–Trinajstić information content (AvgIpc) is 2.87. The number of fused-ring (bicyclic) bond motifs is 1. The van der Waals surface area contributed by atoms with Crippen molar-refractivity contribution in [3.8, 4) is 6.07 Å². The standard InChI is InChI=1S/C15H18BN3O2/c1-14(2)15(3,4)21-16(20-14)11-6-10(8-17)12-9-18-19(5)13(12)7-11/h6-7,9H,1-5H3. The molecule has 1 aliphatic heterocycles. The van der Waals surface area contributed by atoms with Crippen molar-refractivity contribution in [2.75, 3.05) is 0 Å². The van der Waals surface area contributed by atoms with Crippen LogP contribution >= 0.6 is 0 Å². The Bertz CT molecular complexity index is 742. The number of hydrogen-bond acceptors (Lipinski definition) is 4. The van der Waals surface area contributed by atoms with Crippen LogP contribution < -0.4 is 5.46 Å². The molecule has 0 radical (unpaired) electrons. The quantitative estimate of drug-likeness (QED) is 0.748. The van der Waals surface area contributed by atoms with Gasteiger partial charge in [-0.1, -0.05) is 0 Å². The van der Waals surface area contributed by atoms with Crippen molar-refractivity contribution in [1.82, 2.24) is 9.78 Å². The molecule has 0 saturated carbocycles. The van der Waals surface area contributed by atoms with Crippen LogP contribution in [-0.4, -0.2) is 28.1 Å². The third kappa shape index (κ3) is 2.05. The maximum atomic E-state index is 9.35. The highest BCUT2D eigenvalue weighted by atomic mass is 16.7. The largest absolute Gasteiger partial charge is 0.494 e. The minimum atomic E-state index is -0.471. The highest BCUT2D eigenvalue weighted by molar-refractivity contribution is 6.62. The monoisotopic (exact) mass is 283 g/mol. The van der Waals surface area contributed by atoms with E-state index < -0.39 is 18.3 Å². The summed E-state index contributed by atoms with van der Waals surface area (Å²) in [5.41, 5.74) is 1.54. The van der Waals surface area contributed by atoms with Crippen LogP contribution in [-0.2, 0) is 16.4 Å². The molecule has 0 N–H and O–H groups in total. The van der Waals surface area contributed by atoms with Crippen molar-refractivity contribution < 1.29 is 9.31 Å². The normalized spacial score (nSPS) is 19.9. The van der Waals surface area contributed by atoms with E-state index in [2.05, 4.69) is 11.2 Å². The molecule has 2 aromatic rings. The van der Waals surface area contributed by atoms with Gasteiger partial charge in [-0.3, -0.25) is 4.68 Å². The van der Waals surface area contributed by atoms with Crippen LogP contribution in [0.4, 0.5) is 0 Å². The van der Waals surface area contributed by atoms with Gasteiger partial charge in [-0.25, -0.2) is 0 Å². The second-order valence-corrected chi connectivity index (χ2v) is 6.47. The van der Waals surface area contributed by atoms with E-state index in [-0.39, 0.29) is 0 Å². The second kappa shape index (κ2) is 4.33. The van der Waals surface area contributed by atoms with Crippen molar-refractivity contribution in [2.45, 2.75) is 38.9 Å². The summed E-state index contributed by atoms with van der Waals surface area (Å²) in [5.74, 6) is 0. The molecule has 1 aromatic heterocycles. The van der Waals surface area contributed by atoms with E-state index in [1.807, 2.05) is 46.9 Å². The molecule has 0 aliphatic carbocycles. The summed E-state index contributed by atoms with van der Waals surface area (Å²) >= 11 is 0. The first-order valence-corrected chi connectivity index (χ1v) is 6.96. The van der Waals surface area contributed by atoms with Crippen molar-refractivity contribution in [2.24, 2.45) is 7.05 Å². The van der Waals surface area contributed by atoms with E-state index in [4.69, 9.17) is 9.31 Å². The van der Waals surface area contributed by atoms with Gasteiger partial charge in [0.25, 0.3) is 0 Å². The maximum absolute atomic E-state index is 9.35. The number of nitrogens with zero attached hydrogens (tertiary/aromatic N) is 3. The van der Waals surface area contributed by atoms with E-state index in [0.29, 0.717) is 5.56 Å². The van der Waals surface area contributed by atoms with Crippen LogP contribution in [0.15, 0.2) is 18.3 Å². The molecule has 0 amide bonds. The highest BCUT2D eigenvalue weighted by Gasteiger charge is 2.51. The lowest BCUT2D eigenvalue weighted by Gasteiger charge is -2.32. The molecule has 0 spiro atoms. The van der Waals surface area contributed by atoms with Crippen molar-refractivity contribution in [3.05, 3.63) is 23.9 Å². The summed E-state index contributed by atoms with van der Waals surface area (Å²) < 4.78 is 13.9. The van der Waals surface area contributed by atoms with E-state index >= 15 is 0 Å². The summed E-state index contributed by atoms with van der Waals surface area (Å²) in [6.07, 6.45) is 1.71. The minimum Gasteiger partial charge on any atom is -0.399 e. The fourth-order valence-electron chi connectivity index (χ4n) is 2.48. The molecule has 0 unspecified atom stereocenters. The predicted octanol–water partition coefficient (Wildman–Crippen LogP) is 1.74. The third-order valence-corrected chi connectivity index (χ3v) is 4.54. The molecule has 21 heavy (non-hydrogen) atoms. The SMILES string of the molecule is Cn1ncc2c(C#N)cc(B3OC(C)(C)C(C)(C)O3)cc21. The van der Waals surface area contributed by atoms with Crippen LogP contribution in [0.1, 0.15) is 33.3 Å². The van der Waals surface area contributed by atoms with Crippen molar-refractivity contribution in [3.63, 3.8) is 0 Å². The molecule has 108 valence electrons. The zero-order valence-corrected chi connectivity index (χ0v) is 13.0. The molecule has 3 rings (SSSR count). The van der Waals surface area contributed by atoms with Gasteiger partial charge in [0.1, 0.15) is 0 Å². The molecular weight excluding hydrogens is 265 g/mol. The lowest BCUT2D eigenvalue weighted by Crippen LogP contribution is -2.41. The fraction of sp³-hybridized carbons (Fsp3) is 0.467. The number of aryl methyl sites for hydroxylation is 1. The molecule has 0 atom stereocenters. The first-order valence-electron chi connectivity index (χ1n) is 6.96. The number of rotatable bonds is 1. The Labute approximate surface area is 124 Å². The zero-order valence-electron chi connectivity index (χ0n) is 13.0. The van der Waals surface area contributed by atoms with Crippen LogP contribution in [0.25, 0.3) is 10.9 Å². The van der Waals surface area contributed by atoms with Gasteiger partial charge in [0.05, 0.1) is 34.5 Å². The maximum Gasteiger partial charge on any atom is 0.494 e.